The zero-order valence-corrected chi connectivity index (χ0v) is 11.8. The van der Waals surface area contributed by atoms with Crippen molar-refractivity contribution in [3.63, 3.8) is 0 Å². The first-order chi connectivity index (χ1) is 9.57. The van der Waals surface area contributed by atoms with Crippen molar-refractivity contribution in [2.45, 2.75) is 31.9 Å². The van der Waals surface area contributed by atoms with Crippen LogP contribution in [0.3, 0.4) is 0 Å². The lowest BCUT2D eigenvalue weighted by atomic mass is 9.94. The molecule has 2 heterocycles. The zero-order valence-electron chi connectivity index (χ0n) is 11.8. The Kier molecular flexibility index (Phi) is 4.38. The van der Waals surface area contributed by atoms with Crippen molar-refractivity contribution in [2.75, 3.05) is 13.2 Å². The first-order valence-corrected chi connectivity index (χ1v) is 6.65. The van der Waals surface area contributed by atoms with E-state index in [9.17, 15) is 4.79 Å². The highest BCUT2D eigenvalue weighted by Crippen LogP contribution is 2.25. The molecular weight excluding hydrogens is 254 g/mol. The van der Waals surface area contributed by atoms with E-state index in [1.54, 1.807) is 18.3 Å². The standard InChI is InChI=1S/C15H19N3O2/c1-11-15(2,7-10-20-11)18-14(19)13-12(5-3-8-16)6-4-9-17-13/h4,6,9,11H,7-8,10,16H2,1-2H3,(H,18,19). The summed E-state index contributed by atoms with van der Waals surface area (Å²) in [5.74, 6) is 5.39. The first-order valence-electron chi connectivity index (χ1n) is 6.65. The van der Waals surface area contributed by atoms with Gasteiger partial charge in [0.05, 0.1) is 23.8 Å². The molecule has 3 N–H and O–H groups in total. The van der Waals surface area contributed by atoms with Crippen LogP contribution >= 0.6 is 0 Å². The van der Waals surface area contributed by atoms with Crippen molar-refractivity contribution in [1.29, 1.82) is 0 Å². The predicted octanol–water partition coefficient (Wildman–Crippen LogP) is 0.689. The molecule has 0 saturated carbocycles. The fourth-order valence-electron chi connectivity index (χ4n) is 2.15. The number of nitrogens with zero attached hydrogens (tertiary/aromatic N) is 1. The molecule has 1 amide bonds. The molecule has 1 saturated heterocycles. The minimum atomic E-state index is -0.368. The minimum absolute atomic E-state index is 0.0197. The van der Waals surface area contributed by atoms with Gasteiger partial charge in [0.1, 0.15) is 5.69 Å². The van der Waals surface area contributed by atoms with Crippen molar-refractivity contribution >= 4 is 5.91 Å². The van der Waals surface area contributed by atoms with Crippen molar-refractivity contribution in [1.82, 2.24) is 10.3 Å². The maximum absolute atomic E-state index is 12.4. The molecule has 1 aliphatic rings. The van der Waals surface area contributed by atoms with Gasteiger partial charge in [0, 0.05) is 12.8 Å². The van der Waals surface area contributed by atoms with E-state index < -0.39 is 0 Å². The summed E-state index contributed by atoms with van der Waals surface area (Å²) in [7, 11) is 0. The number of nitrogens with two attached hydrogens (primary N) is 1. The number of hydrogen-bond donors (Lipinski definition) is 2. The molecule has 1 aliphatic heterocycles. The van der Waals surface area contributed by atoms with Gasteiger partial charge in [-0.3, -0.25) is 4.79 Å². The van der Waals surface area contributed by atoms with Crippen molar-refractivity contribution in [3.05, 3.63) is 29.6 Å². The summed E-state index contributed by atoms with van der Waals surface area (Å²) in [5.41, 5.74) is 5.91. The summed E-state index contributed by atoms with van der Waals surface area (Å²) in [4.78, 5) is 16.5. The number of pyridine rings is 1. The fourth-order valence-corrected chi connectivity index (χ4v) is 2.15. The van der Waals surface area contributed by atoms with E-state index in [4.69, 9.17) is 10.5 Å². The van der Waals surface area contributed by atoms with E-state index in [1.165, 1.54) is 0 Å². The SMILES string of the molecule is CC1OCCC1(C)NC(=O)c1ncccc1C#CCN. The number of aromatic nitrogens is 1. The molecule has 5 nitrogen and oxygen atoms in total. The quantitative estimate of drug-likeness (QED) is 0.777. The lowest BCUT2D eigenvalue weighted by Gasteiger charge is -2.28. The number of ether oxygens (including phenoxy) is 1. The third kappa shape index (κ3) is 2.98. The van der Waals surface area contributed by atoms with Gasteiger partial charge >= 0.3 is 0 Å². The highest BCUT2D eigenvalue weighted by Gasteiger charge is 2.38. The topological polar surface area (TPSA) is 77.2 Å². The monoisotopic (exact) mass is 273 g/mol. The molecule has 0 bridgehead atoms. The number of hydrogen-bond acceptors (Lipinski definition) is 4. The van der Waals surface area contributed by atoms with Crippen molar-refractivity contribution in [3.8, 4) is 11.8 Å². The number of amides is 1. The third-order valence-electron chi connectivity index (χ3n) is 3.63. The number of rotatable bonds is 2. The Hall–Kier alpha value is -1.90. The average molecular weight is 273 g/mol. The maximum Gasteiger partial charge on any atom is 0.271 e. The summed E-state index contributed by atoms with van der Waals surface area (Å²) in [6, 6.07) is 3.52. The Morgan fingerprint density at radius 2 is 2.50 bits per heavy atom. The summed E-state index contributed by atoms with van der Waals surface area (Å²) >= 11 is 0. The van der Waals surface area contributed by atoms with Crippen LogP contribution < -0.4 is 11.1 Å². The van der Waals surface area contributed by atoms with Gasteiger partial charge in [0.25, 0.3) is 5.91 Å². The minimum Gasteiger partial charge on any atom is -0.376 e. The predicted molar refractivity (Wildman–Crippen MR) is 76.1 cm³/mol. The number of carbonyl (C=O) groups excluding carboxylic acids is 1. The van der Waals surface area contributed by atoms with E-state index in [2.05, 4.69) is 22.1 Å². The second kappa shape index (κ2) is 6.04. The van der Waals surface area contributed by atoms with Crippen LogP contribution in [0.5, 0.6) is 0 Å². The molecule has 2 rings (SSSR count). The van der Waals surface area contributed by atoms with E-state index >= 15 is 0 Å². The van der Waals surface area contributed by atoms with Crippen LogP contribution in [-0.4, -0.2) is 35.7 Å². The molecule has 1 aromatic rings. The van der Waals surface area contributed by atoms with Crippen LogP contribution in [0.1, 0.15) is 36.3 Å². The highest BCUT2D eigenvalue weighted by molar-refractivity contribution is 5.95. The molecule has 0 spiro atoms. The zero-order chi connectivity index (χ0) is 14.6. The second-order valence-corrected chi connectivity index (χ2v) is 5.04. The van der Waals surface area contributed by atoms with Crippen LogP contribution in [0.15, 0.2) is 18.3 Å². The Bertz CT molecular complexity index is 562. The lowest BCUT2D eigenvalue weighted by Crippen LogP contribution is -2.50. The van der Waals surface area contributed by atoms with Gasteiger partial charge in [-0.25, -0.2) is 4.98 Å². The Morgan fingerprint density at radius 3 is 3.15 bits per heavy atom. The van der Waals surface area contributed by atoms with Gasteiger partial charge in [-0.1, -0.05) is 11.8 Å². The maximum atomic E-state index is 12.4. The summed E-state index contributed by atoms with van der Waals surface area (Å²) in [6.45, 7) is 4.84. The lowest BCUT2D eigenvalue weighted by molar-refractivity contribution is 0.0724. The number of nitrogens with one attached hydrogen (secondary N) is 1. The van der Waals surface area contributed by atoms with Crippen LogP contribution in [0.25, 0.3) is 0 Å². The molecule has 1 fully saturated rings. The molecule has 0 aromatic carbocycles. The largest absolute Gasteiger partial charge is 0.376 e. The van der Waals surface area contributed by atoms with E-state index in [-0.39, 0.29) is 24.1 Å². The summed E-state index contributed by atoms with van der Waals surface area (Å²) in [5, 5.41) is 3.01. The van der Waals surface area contributed by atoms with Crippen molar-refractivity contribution < 1.29 is 9.53 Å². The van der Waals surface area contributed by atoms with Gasteiger partial charge in [0.15, 0.2) is 0 Å². The molecule has 2 unspecified atom stereocenters. The van der Waals surface area contributed by atoms with E-state index in [0.717, 1.165) is 6.42 Å². The van der Waals surface area contributed by atoms with Crippen LogP contribution in [-0.2, 0) is 4.74 Å². The molecule has 20 heavy (non-hydrogen) atoms. The third-order valence-corrected chi connectivity index (χ3v) is 3.63. The van der Waals surface area contributed by atoms with E-state index in [1.807, 2.05) is 13.8 Å². The van der Waals surface area contributed by atoms with Crippen LogP contribution in [0.4, 0.5) is 0 Å². The molecular formula is C15H19N3O2. The Morgan fingerprint density at radius 1 is 1.70 bits per heavy atom. The molecule has 2 atom stereocenters. The van der Waals surface area contributed by atoms with Gasteiger partial charge in [-0.05, 0) is 32.4 Å². The molecule has 5 heteroatoms. The van der Waals surface area contributed by atoms with Crippen molar-refractivity contribution in [2.24, 2.45) is 5.73 Å². The second-order valence-electron chi connectivity index (χ2n) is 5.04. The molecule has 1 aromatic heterocycles. The Labute approximate surface area is 118 Å². The highest BCUT2D eigenvalue weighted by atomic mass is 16.5. The van der Waals surface area contributed by atoms with Gasteiger partial charge in [-0.2, -0.15) is 0 Å². The summed E-state index contributed by atoms with van der Waals surface area (Å²) < 4.78 is 5.52. The molecule has 0 aliphatic carbocycles. The molecule has 0 radical (unpaired) electrons. The smallest absolute Gasteiger partial charge is 0.271 e. The normalized spacial score (nSPS) is 24.9. The van der Waals surface area contributed by atoms with E-state index in [0.29, 0.717) is 17.9 Å². The first kappa shape index (κ1) is 14.5. The molecule has 106 valence electrons. The Balaban J connectivity index is 2.21. The van der Waals surface area contributed by atoms with Crippen LogP contribution in [0.2, 0.25) is 0 Å². The number of carbonyl (C=O) groups is 1. The van der Waals surface area contributed by atoms with Gasteiger partial charge < -0.3 is 15.8 Å². The summed E-state index contributed by atoms with van der Waals surface area (Å²) in [6.07, 6.45) is 2.35. The van der Waals surface area contributed by atoms with Gasteiger partial charge in [-0.15, -0.1) is 0 Å². The fraction of sp³-hybridized carbons (Fsp3) is 0.467. The van der Waals surface area contributed by atoms with Crippen LogP contribution in [0, 0.1) is 11.8 Å². The van der Waals surface area contributed by atoms with Gasteiger partial charge in [0.2, 0.25) is 0 Å². The average Bonchev–Trinajstić information content (AvgIpc) is 2.76.